The second-order valence-electron chi connectivity index (χ2n) is 8.94. The zero-order valence-corrected chi connectivity index (χ0v) is 14.2. The van der Waals surface area contributed by atoms with Crippen molar-refractivity contribution < 1.29 is 0 Å². The Labute approximate surface area is 131 Å². The molecule has 21 heavy (non-hydrogen) atoms. The van der Waals surface area contributed by atoms with Crippen LogP contribution in [0.3, 0.4) is 0 Å². The standard InChI is InChI=1S/C20H35N/c1-3-15-6-4-5-7-18(15)20(21-2)19-16-9-13-8-14(11-16)12-17(19)10-13/h13-21H,3-12H2,1-2H3. The van der Waals surface area contributed by atoms with Crippen LogP contribution < -0.4 is 5.32 Å². The van der Waals surface area contributed by atoms with Crippen molar-refractivity contribution in [1.82, 2.24) is 5.32 Å². The lowest BCUT2D eigenvalue weighted by atomic mass is 9.49. The first kappa shape index (κ1) is 14.5. The maximum atomic E-state index is 3.86. The summed E-state index contributed by atoms with van der Waals surface area (Å²) in [7, 11) is 2.27. The van der Waals surface area contributed by atoms with E-state index in [9.17, 15) is 0 Å². The monoisotopic (exact) mass is 289 g/mol. The molecule has 5 aliphatic rings. The lowest BCUT2D eigenvalue weighted by molar-refractivity contribution is -0.0670. The third-order valence-electron chi connectivity index (χ3n) is 8.00. The fraction of sp³-hybridized carbons (Fsp3) is 1.00. The van der Waals surface area contributed by atoms with Crippen molar-refractivity contribution in [2.75, 3.05) is 7.05 Å². The molecule has 1 nitrogen and oxygen atoms in total. The number of hydrogen-bond acceptors (Lipinski definition) is 1. The highest BCUT2D eigenvalue weighted by molar-refractivity contribution is 5.03. The van der Waals surface area contributed by atoms with Gasteiger partial charge in [0.05, 0.1) is 0 Å². The summed E-state index contributed by atoms with van der Waals surface area (Å²) in [6, 6.07) is 0.838. The van der Waals surface area contributed by atoms with Gasteiger partial charge in [-0.25, -0.2) is 0 Å². The maximum Gasteiger partial charge on any atom is 0.0128 e. The van der Waals surface area contributed by atoms with Crippen LogP contribution in [0, 0.1) is 41.4 Å². The van der Waals surface area contributed by atoms with Gasteiger partial charge in [0.2, 0.25) is 0 Å². The van der Waals surface area contributed by atoms with Gasteiger partial charge in [-0.1, -0.05) is 32.6 Å². The van der Waals surface area contributed by atoms with E-state index in [1.165, 1.54) is 32.1 Å². The first-order valence-corrected chi connectivity index (χ1v) is 9.97. The molecule has 0 saturated heterocycles. The van der Waals surface area contributed by atoms with Gasteiger partial charge in [0.1, 0.15) is 0 Å². The third-order valence-corrected chi connectivity index (χ3v) is 8.00. The Morgan fingerprint density at radius 3 is 2.10 bits per heavy atom. The van der Waals surface area contributed by atoms with Gasteiger partial charge in [0.15, 0.2) is 0 Å². The van der Waals surface area contributed by atoms with Crippen molar-refractivity contribution in [3.63, 3.8) is 0 Å². The second-order valence-corrected chi connectivity index (χ2v) is 8.94. The zero-order chi connectivity index (χ0) is 14.4. The molecule has 5 saturated carbocycles. The highest BCUT2D eigenvalue weighted by Crippen LogP contribution is 2.58. The normalized spacial score (nSPS) is 50.3. The predicted molar refractivity (Wildman–Crippen MR) is 89.1 cm³/mol. The predicted octanol–water partition coefficient (Wildman–Crippen LogP) is 4.86. The van der Waals surface area contributed by atoms with Gasteiger partial charge in [0, 0.05) is 6.04 Å². The van der Waals surface area contributed by atoms with Gasteiger partial charge in [-0.15, -0.1) is 0 Å². The summed E-state index contributed by atoms with van der Waals surface area (Å²) >= 11 is 0. The van der Waals surface area contributed by atoms with Gasteiger partial charge < -0.3 is 5.32 Å². The van der Waals surface area contributed by atoms with Crippen LogP contribution in [0.2, 0.25) is 0 Å². The first-order valence-electron chi connectivity index (χ1n) is 9.97. The van der Waals surface area contributed by atoms with Crippen molar-refractivity contribution >= 4 is 0 Å². The van der Waals surface area contributed by atoms with Gasteiger partial charge in [-0.05, 0) is 87.0 Å². The third kappa shape index (κ3) is 2.48. The van der Waals surface area contributed by atoms with Crippen LogP contribution in [0.15, 0.2) is 0 Å². The highest BCUT2D eigenvalue weighted by atomic mass is 14.9. The first-order chi connectivity index (χ1) is 10.3. The number of hydrogen-bond donors (Lipinski definition) is 1. The Hall–Kier alpha value is -0.0400. The van der Waals surface area contributed by atoms with Crippen LogP contribution >= 0.6 is 0 Å². The quantitative estimate of drug-likeness (QED) is 0.779. The Balaban J connectivity index is 1.55. The number of nitrogens with one attached hydrogen (secondary N) is 1. The summed E-state index contributed by atoms with van der Waals surface area (Å²) in [6.45, 7) is 2.44. The van der Waals surface area contributed by atoms with Crippen molar-refractivity contribution in [1.29, 1.82) is 0 Å². The van der Waals surface area contributed by atoms with Crippen molar-refractivity contribution in [2.45, 2.75) is 77.2 Å². The Bertz CT molecular complexity index is 335. The molecule has 5 fully saturated rings. The molecule has 3 unspecified atom stereocenters. The molecule has 0 radical (unpaired) electrons. The van der Waals surface area contributed by atoms with Crippen LogP contribution in [0.1, 0.15) is 71.1 Å². The minimum Gasteiger partial charge on any atom is -0.316 e. The molecule has 0 amide bonds. The molecule has 0 aromatic carbocycles. The Kier molecular flexibility index (Phi) is 4.07. The smallest absolute Gasteiger partial charge is 0.0128 e. The molecular weight excluding hydrogens is 254 g/mol. The molecule has 5 rings (SSSR count). The molecule has 0 heterocycles. The highest BCUT2D eigenvalue weighted by Gasteiger charge is 2.52. The summed E-state index contributed by atoms with van der Waals surface area (Å²) in [6.07, 6.45) is 15.3. The van der Waals surface area contributed by atoms with E-state index < -0.39 is 0 Å². The average Bonchev–Trinajstić information content (AvgIpc) is 2.50. The molecule has 0 spiro atoms. The molecule has 1 heteroatoms. The van der Waals surface area contributed by atoms with Crippen molar-refractivity contribution in [3.8, 4) is 0 Å². The molecule has 5 aliphatic carbocycles. The molecule has 120 valence electrons. The van der Waals surface area contributed by atoms with Crippen LogP contribution in [-0.4, -0.2) is 13.1 Å². The van der Waals surface area contributed by atoms with E-state index in [0.717, 1.165) is 47.5 Å². The largest absolute Gasteiger partial charge is 0.316 e. The number of rotatable bonds is 4. The topological polar surface area (TPSA) is 12.0 Å². The van der Waals surface area contributed by atoms with Gasteiger partial charge in [-0.3, -0.25) is 0 Å². The van der Waals surface area contributed by atoms with Gasteiger partial charge in [-0.2, -0.15) is 0 Å². The summed E-state index contributed by atoms with van der Waals surface area (Å²) in [5.41, 5.74) is 0. The zero-order valence-electron chi connectivity index (χ0n) is 14.2. The average molecular weight is 290 g/mol. The van der Waals surface area contributed by atoms with Crippen LogP contribution in [0.5, 0.6) is 0 Å². The van der Waals surface area contributed by atoms with Crippen LogP contribution in [0.25, 0.3) is 0 Å². The van der Waals surface area contributed by atoms with E-state index >= 15 is 0 Å². The molecule has 0 aromatic heterocycles. The molecule has 1 N–H and O–H groups in total. The lowest BCUT2D eigenvalue weighted by Gasteiger charge is -2.58. The van der Waals surface area contributed by atoms with E-state index in [2.05, 4.69) is 19.3 Å². The van der Waals surface area contributed by atoms with Gasteiger partial charge >= 0.3 is 0 Å². The van der Waals surface area contributed by atoms with Crippen LogP contribution in [-0.2, 0) is 0 Å². The summed E-state index contributed by atoms with van der Waals surface area (Å²) in [4.78, 5) is 0. The minimum absolute atomic E-state index is 0.838. The van der Waals surface area contributed by atoms with E-state index in [1.54, 1.807) is 32.1 Å². The summed E-state index contributed by atoms with van der Waals surface area (Å²) in [5, 5.41) is 3.86. The molecule has 0 aliphatic heterocycles. The fourth-order valence-electron chi connectivity index (χ4n) is 7.46. The van der Waals surface area contributed by atoms with Crippen molar-refractivity contribution in [2.24, 2.45) is 41.4 Å². The van der Waals surface area contributed by atoms with E-state index in [-0.39, 0.29) is 0 Å². The minimum atomic E-state index is 0.838. The Morgan fingerprint density at radius 2 is 1.52 bits per heavy atom. The van der Waals surface area contributed by atoms with E-state index in [1.807, 2.05) is 0 Å². The van der Waals surface area contributed by atoms with Crippen molar-refractivity contribution in [3.05, 3.63) is 0 Å². The molecular formula is C20H35N. The maximum absolute atomic E-state index is 3.86. The SMILES string of the molecule is CCC1CCCCC1C(NC)C1C2CC3CC(C2)CC1C3. The molecule has 0 aromatic rings. The van der Waals surface area contributed by atoms with E-state index in [0.29, 0.717) is 0 Å². The van der Waals surface area contributed by atoms with E-state index in [4.69, 9.17) is 0 Å². The second kappa shape index (κ2) is 5.87. The summed E-state index contributed by atoms with van der Waals surface area (Å²) < 4.78 is 0. The van der Waals surface area contributed by atoms with Crippen LogP contribution in [0.4, 0.5) is 0 Å². The molecule has 3 atom stereocenters. The van der Waals surface area contributed by atoms with Gasteiger partial charge in [0.25, 0.3) is 0 Å². The lowest BCUT2D eigenvalue weighted by Crippen LogP contribution is -2.56. The fourth-order valence-corrected chi connectivity index (χ4v) is 7.46. The molecule has 4 bridgehead atoms. The Morgan fingerprint density at radius 1 is 0.905 bits per heavy atom. The summed E-state index contributed by atoms with van der Waals surface area (Å²) in [5.74, 6) is 7.42.